The summed E-state index contributed by atoms with van der Waals surface area (Å²) in [4.78, 5) is 15.8. The van der Waals surface area contributed by atoms with Crippen molar-refractivity contribution in [3.8, 4) is 0 Å². The number of halogens is 1. The van der Waals surface area contributed by atoms with E-state index in [9.17, 15) is 4.79 Å². The predicted molar refractivity (Wildman–Crippen MR) is 70.5 cm³/mol. The average Bonchev–Trinajstić information content (AvgIpc) is 2.92. The van der Waals surface area contributed by atoms with Gasteiger partial charge < -0.3 is 14.8 Å². The van der Waals surface area contributed by atoms with Crippen LogP contribution in [-0.2, 0) is 9.47 Å². The summed E-state index contributed by atoms with van der Waals surface area (Å²) in [6.07, 6.45) is 1.30. The van der Waals surface area contributed by atoms with Crippen LogP contribution >= 0.6 is 22.9 Å². The van der Waals surface area contributed by atoms with Crippen molar-refractivity contribution in [2.75, 3.05) is 25.6 Å². The lowest BCUT2D eigenvalue weighted by molar-refractivity contribution is 0.0606. The fourth-order valence-electron chi connectivity index (χ4n) is 1.86. The van der Waals surface area contributed by atoms with Crippen molar-refractivity contribution in [3.63, 3.8) is 0 Å². The van der Waals surface area contributed by atoms with E-state index in [2.05, 4.69) is 22.0 Å². The van der Waals surface area contributed by atoms with E-state index in [0.29, 0.717) is 15.9 Å². The number of carbonyl (C=O) groups excluding carboxylic acids is 1. The number of carbonyl (C=O) groups is 1. The molecule has 18 heavy (non-hydrogen) atoms. The van der Waals surface area contributed by atoms with Gasteiger partial charge in [0.2, 0.25) is 0 Å². The molecule has 1 fully saturated rings. The molecule has 2 atom stereocenters. The molecule has 1 aliphatic heterocycles. The standard InChI is InChI=1S/C11H15ClN2O3S/c1-6-7(3-4-17-6)5-13-11-14-9(12)8(18-11)10(15)16-2/h6-7H,3-5H2,1-2H3,(H,13,14). The van der Waals surface area contributed by atoms with Crippen molar-refractivity contribution < 1.29 is 14.3 Å². The summed E-state index contributed by atoms with van der Waals surface area (Å²) in [7, 11) is 1.32. The molecule has 1 aromatic heterocycles. The van der Waals surface area contributed by atoms with Crippen molar-refractivity contribution in [1.82, 2.24) is 4.98 Å². The maximum atomic E-state index is 11.4. The highest BCUT2D eigenvalue weighted by molar-refractivity contribution is 7.18. The van der Waals surface area contributed by atoms with Gasteiger partial charge in [0.25, 0.3) is 0 Å². The van der Waals surface area contributed by atoms with Gasteiger partial charge in [0.15, 0.2) is 15.2 Å². The Morgan fingerprint density at radius 3 is 3.11 bits per heavy atom. The third kappa shape index (κ3) is 2.93. The van der Waals surface area contributed by atoms with Crippen molar-refractivity contribution >= 4 is 34.0 Å². The van der Waals surface area contributed by atoms with E-state index < -0.39 is 5.97 Å². The van der Waals surface area contributed by atoms with Crippen LogP contribution in [0, 0.1) is 5.92 Å². The van der Waals surface area contributed by atoms with Crippen LogP contribution in [0.3, 0.4) is 0 Å². The highest BCUT2D eigenvalue weighted by Crippen LogP contribution is 2.28. The fraction of sp³-hybridized carbons (Fsp3) is 0.636. The van der Waals surface area contributed by atoms with E-state index in [4.69, 9.17) is 16.3 Å². The number of methoxy groups -OCH3 is 1. The molecule has 0 saturated carbocycles. The zero-order chi connectivity index (χ0) is 13.1. The lowest BCUT2D eigenvalue weighted by Crippen LogP contribution is -2.20. The van der Waals surface area contributed by atoms with Gasteiger partial charge in [-0.2, -0.15) is 0 Å². The second kappa shape index (κ2) is 5.86. The number of rotatable bonds is 4. The number of nitrogens with zero attached hydrogens (tertiary/aromatic N) is 1. The Morgan fingerprint density at radius 2 is 2.50 bits per heavy atom. The van der Waals surface area contributed by atoms with Crippen molar-refractivity contribution in [2.45, 2.75) is 19.4 Å². The normalized spacial score (nSPS) is 23.1. The first-order valence-corrected chi connectivity index (χ1v) is 6.91. The van der Waals surface area contributed by atoms with E-state index in [1.165, 1.54) is 18.4 Å². The van der Waals surface area contributed by atoms with Gasteiger partial charge in [0, 0.05) is 19.1 Å². The molecular weight excluding hydrogens is 276 g/mol. The lowest BCUT2D eigenvalue weighted by Gasteiger charge is -2.13. The third-order valence-electron chi connectivity index (χ3n) is 3.01. The number of hydrogen-bond donors (Lipinski definition) is 1. The van der Waals surface area contributed by atoms with E-state index in [1.54, 1.807) is 0 Å². The number of ether oxygens (including phenoxy) is 2. The second-order valence-corrected chi connectivity index (χ2v) is 5.49. The molecule has 100 valence electrons. The van der Waals surface area contributed by atoms with Crippen molar-refractivity contribution in [2.24, 2.45) is 5.92 Å². The summed E-state index contributed by atoms with van der Waals surface area (Å²) in [6.45, 7) is 3.64. The molecule has 1 aromatic rings. The van der Waals surface area contributed by atoms with Gasteiger partial charge in [-0.25, -0.2) is 9.78 Å². The molecule has 0 amide bonds. The number of thiazole rings is 1. The second-order valence-electron chi connectivity index (χ2n) is 4.14. The first kappa shape index (κ1) is 13.6. The quantitative estimate of drug-likeness (QED) is 0.863. The minimum Gasteiger partial charge on any atom is -0.465 e. The number of esters is 1. The molecule has 0 spiro atoms. The minimum atomic E-state index is -0.455. The largest absolute Gasteiger partial charge is 0.465 e. The molecule has 2 heterocycles. The Hall–Kier alpha value is -0.850. The van der Waals surface area contributed by atoms with Crippen LogP contribution in [0.1, 0.15) is 23.0 Å². The van der Waals surface area contributed by atoms with E-state index >= 15 is 0 Å². The Bertz CT molecular complexity index is 438. The van der Waals surface area contributed by atoms with Crippen molar-refractivity contribution in [1.29, 1.82) is 0 Å². The highest BCUT2D eigenvalue weighted by atomic mass is 35.5. The van der Waals surface area contributed by atoms with Gasteiger partial charge in [-0.15, -0.1) is 0 Å². The minimum absolute atomic E-state index is 0.185. The first-order chi connectivity index (χ1) is 8.61. The number of aromatic nitrogens is 1. The van der Waals surface area contributed by atoms with Crippen molar-refractivity contribution in [3.05, 3.63) is 10.0 Å². The van der Waals surface area contributed by atoms with Crippen LogP contribution in [0.25, 0.3) is 0 Å². The van der Waals surface area contributed by atoms with Gasteiger partial charge in [-0.05, 0) is 13.3 Å². The van der Waals surface area contributed by atoms with Gasteiger partial charge in [-0.3, -0.25) is 0 Å². The zero-order valence-electron chi connectivity index (χ0n) is 10.2. The number of nitrogens with one attached hydrogen (secondary N) is 1. The summed E-state index contributed by atoms with van der Waals surface area (Å²) in [5.74, 6) is 0.0115. The monoisotopic (exact) mass is 290 g/mol. The SMILES string of the molecule is COC(=O)c1sc(NCC2CCOC2C)nc1Cl. The summed E-state index contributed by atoms with van der Waals surface area (Å²) >= 11 is 7.08. The molecular formula is C11H15ClN2O3S. The molecule has 5 nitrogen and oxygen atoms in total. The molecule has 0 aliphatic carbocycles. The van der Waals surface area contributed by atoms with Crippen LogP contribution in [0.5, 0.6) is 0 Å². The summed E-state index contributed by atoms with van der Waals surface area (Å²) < 4.78 is 10.1. The van der Waals surface area contributed by atoms with E-state index in [0.717, 1.165) is 19.6 Å². The molecule has 7 heteroatoms. The average molecular weight is 291 g/mol. The molecule has 2 rings (SSSR count). The lowest BCUT2D eigenvalue weighted by atomic mass is 10.0. The smallest absolute Gasteiger partial charge is 0.351 e. The van der Waals surface area contributed by atoms with Gasteiger partial charge in [0.1, 0.15) is 0 Å². The van der Waals surface area contributed by atoms with Crippen LogP contribution in [-0.4, -0.2) is 37.3 Å². The molecule has 1 aliphatic rings. The van der Waals surface area contributed by atoms with Crippen LogP contribution in [0.4, 0.5) is 5.13 Å². The summed E-state index contributed by atoms with van der Waals surface area (Å²) in [5, 5.41) is 4.02. The highest BCUT2D eigenvalue weighted by Gasteiger charge is 2.24. The van der Waals surface area contributed by atoms with Crippen LogP contribution in [0.2, 0.25) is 5.15 Å². The Labute approximate surface area is 114 Å². The van der Waals surface area contributed by atoms with E-state index in [-0.39, 0.29) is 11.3 Å². The third-order valence-corrected chi connectivity index (χ3v) is 4.38. The zero-order valence-corrected chi connectivity index (χ0v) is 11.8. The van der Waals surface area contributed by atoms with Crippen LogP contribution < -0.4 is 5.32 Å². The van der Waals surface area contributed by atoms with Gasteiger partial charge in [-0.1, -0.05) is 22.9 Å². The fourth-order valence-corrected chi connectivity index (χ4v) is 2.97. The van der Waals surface area contributed by atoms with Crippen LogP contribution in [0.15, 0.2) is 0 Å². The summed E-state index contributed by atoms with van der Waals surface area (Å²) in [5.41, 5.74) is 0. The molecule has 0 radical (unpaired) electrons. The molecule has 0 aromatic carbocycles. The molecule has 2 unspecified atom stereocenters. The Balaban J connectivity index is 1.95. The Kier molecular flexibility index (Phi) is 4.42. The van der Waals surface area contributed by atoms with E-state index in [1.807, 2.05) is 0 Å². The molecule has 0 bridgehead atoms. The topological polar surface area (TPSA) is 60.5 Å². The molecule has 1 saturated heterocycles. The maximum absolute atomic E-state index is 11.4. The molecule has 1 N–H and O–H groups in total. The van der Waals surface area contributed by atoms with Gasteiger partial charge in [0.05, 0.1) is 13.2 Å². The number of hydrogen-bond acceptors (Lipinski definition) is 6. The maximum Gasteiger partial charge on any atom is 0.351 e. The summed E-state index contributed by atoms with van der Waals surface area (Å²) in [6, 6.07) is 0. The first-order valence-electron chi connectivity index (χ1n) is 5.72. The Morgan fingerprint density at radius 1 is 1.72 bits per heavy atom. The predicted octanol–water partition coefficient (Wildman–Crippen LogP) is 2.42. The van der Waals surface area contributed by atoms with Gasteiger partial charge >= 0.3 is 5.97 Å². The number of anilines is 1.